The molecule has 0 saturated carbocycles. The van der Waals surface area contributed by atoms with Gasteiger partial charge in [-0.15, -0.1) is 0 Å². The van der Waals surface area contributed by atoms with Crippen LogP contribution in [0.1, 0.15) is 27.7 Å². The van der Waals surface area contributed by atoms with Gasteiger partial charge in [-0.3, -0.25) is 0 Å². The Kier molecular flexibility index (Phi) is 3.78. The Bertz CT molecular complexity index is 160. The molecule has 1 aliphatic carbocycles. The third kappa shape index (κ3) is 2.67. The van der Waals surface area contributed by atoms with Gasteiger partial charge in [0.05, 0.1) is 0 Å². The smallest absolute Gasteiger partial charge is 0.0158 e. The third-order valence-electron chi connectivity index (χ3n) is 1.49. The molecule has 0 spiro atoms. The van der Waals surface area contributed by atoms with Gasteiger partial charge in [0.1, 0.15) is 0 Å². The molecule has 0 atom stereocenters. The predicted octanol–water partition coefficient (Wildman–Crippen LogP) is 3.48. The van der Waals surface area contributed by atoms with Crippen molar-refractivity contribution in [3.63, 3.8) is 0 Å². The number of hydrogen-bond acceptors (Lipinski definition) is 0. The zero-order valence-electron chi connectivity index (χ0n) is 6.02. The Morgan fingerprint density at radius 1 is 1.00 bits per heavy atom. The second kappa shape index (κ2) is 4.10. The third-order valence-corrected chi connectivity index (χ3v) is 1.49. The maximum Gasteiger partial charge on any atom is -0.0158 e. The van der Waals surface area contributed by atoms with E-state index < -0.39 is 0 Å². The van der Waals surface area contributed by atoms with E-state index in [0.717, 1.165) is 6.42 Å². The zero-order chi connectivity index (χ0) is 6.69. The lowest BCUT2D eigenvalue weighted by Crippen LogP contribution is -1.62. The topological polar surface area (TPSA) is 0 Å². The van der Waals surface area contributed by atoms with Crippen LogP contribution in [0.2, 0.25) is 0 Å². The van der Waals surface area contributed by atoms with E-state index >= 15 is 0 Å². The van der Waals surface area contributed by atoms with Crippen molar-refractivity contribution in [2.45, 2.75) is 27.7 Å². The molecule has 56 valence electrons. The van der Waals surface area contributed by atoms with Gasteiger partial charge in [-0.1, -0.05) is 42.9 Å². The molecule has 0 bridgehead atoms. The van der Waals surface area contributed by atoms with Gasteiger partial charge in [0.2, 0.25) is 0 Å². The highest BCUT2D eigenvalue weighted by atomic mass is 13.9. The summed E-state index contributed by atoms with van der Waals surface area (Å²) in [7, 11) is 0. The summed E-state index contributed by atoms with van der Waals surface area (Å²) in [5, 5.41) is 0. The lowest BCUT2D eigenvalue weighted by atomic mass is 10.2. The summed E-state index contributed by atoms with van der Waals surface area (Å²) >= 11 is 0. The van der Waals surface area contributed by atoms with Crippen LogP contribution in [0.5, 0.6) is 0 Å². The van der Waals surface area contributed by atoms with E-state index in [-0.39, 0.29) is 7.43 Å². The van der Waals surface area contributed by atoms with Crippen LogP contribution < -0.4 is 0 Å². The molecule has 10 heavy (non-hydrogen) atoms. The molecule has 0 aromatic rings. The maximum atomic E-state index is 2.23. The van der Waals surface area contributed by atoms with Crippen LogP contribution in [-0.4, -0.2) is 0 Å². The molecule has 0 heteroatoms. The summed E-state index contributed by atoms with van der Waals surface area (Å²) in [5.74, 6) is 0. The lowest BCUT2D eigenvalue weighted by molar-refractivity contribution is 1.32. The molecule has 0 aliphatic heterocycles. The molecule has 0 nitrogen and oxygen atoms in total. The van der Waals surface area contributed by atoms with Gasteiger partial charge in [0.15, 0.2) is 0 Å². The van der Waals surface area contributed by atoms with Crippen LogP contribution in [0.15, 0.2) is 35.5 Å². The highest BCUT2D eigenvalue weighted by Crippen LogP contribution is 2.08. The van der Waals surface area contributed by atoms with Gasteiger partial charge in [0.25, 0.3) is 0 Å². The molecule has 0 aromatic carbocycles. The first-order chi connectivity index (χ1) is 4.29. The summed E-state index contributed by atoms with van der Waals surface area (Å²) in [4.78, 5) is 0. The molecular formula is C10H16. The van der Waals surface area contributed by atoms with E-state index in [2.05, 4.69) is 38.2 Å². The largest absolute Gasteiger partial charge is 0.0778 e. The maximum absolute atomic E-state index is 2.23. The van der Waals surface area contributed by atoms with Crippen molar-refractivity contribution in [1.82, 2.24) is 0 Å². The van der Waals surface area contributed by atoms with E-state index in [4.69, 9.17) is 0 Å². The molecule has 0 radical (unpaired) electrons. The fourth-order valence-corrected chi connectivity index (χ4v) is 0.830. The average molecular weight is 136 g/mol. The van der Waals surface area contributed by atoms with E-state index in [1.54, 1.807) is 0 Å². The normalized spacial score (nSPS) is 16.6. The quantitative estimate of drug-likeness (QED) is 0.478. The van der Waals surface area contributed by atoms with Crippen molar-refractivity contribution in [1.29, 1.82) is 0 Å². The number of rotatable bonds is 0. The molecule has 1 rings (SSSR count). The SMILES string of the molecule is C.CC1=CCC=C(C)C=C1. The van der Waals surface area contributed by atoms with Crippen molar-refractivity contribution in [2.24, 2.45) is 0 Å². The summed E-state index contributed by atoms with van der Waals surface area (Å²) < 4.78 is 0. The van der Waals surface area contributed by atoms with Crippen LogP contribution in [0.3, 0.4) is 0 Å². The Morgan fingerprint density at radius 2 is 1.40 bits per heavy atom. The van der Waals surface area contributed by atoms with Crippen LogP contribution in [0.4, 0.5) is 0 Å². The van der Waals surface area contributed by atoms with E-state index in [9.17, 15) is 0 Å². The summed E-state index contributed by atoms with van der Waals surface area (Å²) in [6.45, 7) is 4.26. The minimum atomic E-state index is 0. The van der Waals surface area contributed by atoms with Gasteiger partial charge in [-0.2, -0.15) is 0 Å². The fourth-order valence-electron chi connectivity index (χ4n) is 0.830. The molecule has 0 amide bonds. The molecular weight excluding hydrogens is 120 g/mol. The number of hydrogen-bond donors (Lipinski definition) is 0. The predicted molar refractivity (Wildman–Crippen MR) is 48.0 cm³/mol. The van der Waals surface area contributed by atoms with Crippen LogP contribution in [-0.2, 0) is 0 Å². The summed E-state index contributed by atoms with van der Waals surface area (Å²) in [5.41, 5.74) is 2.73. The first-order valence-corrected chi connectivity index (χ1v) is 3.30. The van der Waals surface area contributed by atoms with Gasteiger partial charge in [-0.25, -0.2) is 0 Å². The van der Waals surface area contributed by atoms with Gasteiger partial charge in [0, 0.05) is 0 Å². The Balaban J connectivity index is 0.000000810. The zero-order valence-corrected chi connectivity index (χ0v) is 6.02. The van der Waals surface area contributed by atoms with Crippen LogP contribution in [0, 0.1) is 0 Å². The Morgan fingerprint density at radius 3 is 1.80 bits per heavy atom. The highest BCUT2D eigenvalue weighted by Gasteiger charge is 1.87. The molecule has 0 fully saturated rings. The van der Waals surface area contributed by atoms with Crippen LogP contribution in [0.25, 0.3) is 0 Å². The van der Waals surface area contributed by atoms with Gasteiger partial charge in [-0.05, 0) is 20.3 Å². The molecule has 0 aromatic heterocycles. The standard InChI is InChI=1S/C9H12.CH4/c1-8-4-3-5-9(2)7-6-8;/h4-7H,3H2,1-2H3;1H4. The first kappa shape index (κ1) is 9.22. The monoisotopic (exact) mass is 136 g/mol. The molecule has 0 saturated heterocycles. The second-order valence-electron chi connectivity index (χ2n) is 2.47. The van der Waals surface area contributed by atoms with Crippen molar-refractivity contribution < 1.29 is 0 Å². The van der Waals surface area contributed by atoms with Crippen molar-refractivity contribution in [3.05, 3.63) is 35.5 Å². The Labute approximate surface area is 64.0 Å². The van der Waals surface area contributed by atoms with Gasteiger partial charge < -0.3 is 0 Å². The molecule has 0 heterocycles. The fraction of sp³-hybridized carbons (Fsp3) is 0.400. The minimum Gasteiger partial charge on any atom is -0.0778 e. The molecule has 0 unspecified atom stereocenters. The Hall–Kier alpha value is -0.780. The average Bonchev–Trinajstić information content (AvgIpc) is 1.97. The van der Waals surface area contributed by atoms with E-state index in [0.29, 0.717) is 0 Å². The minimum absolute atomic E-state index is 0. The second-order valence-corrected chi connectivity index (χ2v) is 2.47. The van der Waals surface area contributed by atoms with Crippen molar-refractivity contribution in [3.8, 4) is 0 Å². The number of allylic oxidation sites excluding steroid dienone is 6. The van der Waals surface area contributed by atoms with E-state index in [1.807, 2.05) is 0 Å². The highest BCUT2D eigenvalue weighted by molar-refractivity contribution is 5.29. The molecule has 1 aliphatic rings. The van der Waals surface area contributed by atoms with Crippen LogP contribution >= 0.6 is 0 Å². The van der Waals surface area contributed by atoms with Gasteiger partial charge >= 0.3 is 0 Å². The summed E-state index contributed by atoms with van der Waals surface area (Å²) in [6.07, 6.45) is 9.85. The molecule has 0 N–H and O–H groups in total. The summed E-state index contributed by atoms with van der Waals surface area (Å²) in [6, 6.07) is 0. The first-order valence-electron chi connectivity index (χ1n) is 3.30. The van der Waals surface area contributed by atoms with Crippen molar-refractivity contribution in [2.75, 3.05) is 0 Å². The van der Waals surface area contributed by atoms with Crippen molar-refractivity contribution >= 4 is 0 Å². The lowest BCUT2D eigenvalue weighted by Gasteiger charge is -1.83. The van der Waals surface area contributed by atoms with E-state index in [1.165, 1.54) is 11.1 Å².